The van der Waals surface area contributed by atoms with E-state index in [2.05, 4.69) is 23.8 Å². The lowest BCUT2D eigenvalue weighted by atomic mass is 10.1. The third-order valence-corrected chi connectivity index (χ3v) is 3.26. The Kier molecular flexibility index (Phi) is 3.40. The molecule has 2 rings (SSSR count). The lowest BCUT2D eigenvalue weighted by molar-refractivity contribution is 0.736. The molecule has 0 N–H and O–H groups in total. The van der Waals surface area contributed by atoms with Gasteiger partial charge in [0.2, 0.25) is 5.69 Å². The minimum Gasteiger partial charge on any atom is -0.249 e. The maximum Gasteiger partial charge on any atom is 0.228 e. The van der Waals surface area contributed by atoms with Crippen molar-refractivity contribution in [3.63, 3.8) is 0 Å². The highest BCUT2D eigenvalue weighted by Crippen LogP contribution is 2.30. The number of aryl methyl sites for hydroxylation is 1. The summed E-state index contributed by atoms with van der Waals surface area (Å²) in [4.78, 5) is 3.51. The van der Waals surface area contributed by atoms with Gasteiger partial charge in [-0.3, -0.25) is 0 Å². The molecule has 0 fully saturated rings. The zero-order valence-electron chi connectivity index (χ0n) is 10.6. The van der Waals surface area contributed by atoms with Crippen molar-refractivity contribution < 1.29 is 0 Å². The third-order valence-electron chi connectivity index (χ3n) is 2.85. The van der Waals surface area contributed by atoms with Crippen LogP contribution in [0.4, 0.5) is 5.69 Å². The van der Waals surface area contributed by atoms with Crippen LogP contribution in [0.15, 0.2) is 24.4 Å². The number of rotatable bonds is 2. The van der Waals surface area contributed by atoms with Gasteiger partial charge < -0.3 is 0 Å². The predicted molar refractivity (Wildman–Crippen MR) is 73.7 cm³/mol. The molecule has 0 radical (unpaired) electrons. The van der Waals surface area contributed by atoms with Crippen molar-refractivity contribution in [2.24, 2.45) is 0 Å². The van der Waals surface area contributed by atoms with Crippen LogP contribution in [-0.4, -0.2) is 9.78 Å². The number of hydrogen-bond acceptors (Lipinski definition) is 1. The van der Waals surface area contributed by atoms with Gasteiger partial charge in [-0.2, -0.15) is 5.10 Å². The number of aromatic nitrogens is 2. The molecule has 0 unspecified atom stereocenters. The molecule has 0 saturated carbocycles. The van der Waals surface area contributed by atoms with Crippen LogP contribution in [-0.2, 0) is 0 Å². The Labute approximate surface area is 112 Å². The summed E-state index contributed by atoms with van der Waals surface area (Å²) in [6, 6.07) is 5.80. The Hall–Kier alpha value is -1.79. The van der Waals surface area contributed by atoms with E-state index in [-0.39, 0.29) is 5.92 Å². The molecule has 2 aromatic rings. The molecule has 4 heteroatoms. The average molecular weight is 260 g/mol. The van der Waals surface area contributed by atoms with E-state index in [1.165, 1.54) is 0 Å². The second-order valence-electron chi connectivity index (χ2n) is 4.53. The minimum atomic E-state index is 0.233. The van der Waals surface area contributed by atoms with Crippen LogP contribution in [0.3, 0.4) is 0 Å². The Morgan fingerprint density at radius 3 is 2.67 bits per heavy atom. The summed E-state index contributed by atoms with van der Waals surface area (Å²) in [5.74, 6) is 0.233. The molecule has 92 valence electrons. The summed E-state index contributed by atoms with van der Waals surface area (Å²) in [5, 5.41) is 5.00. The van der Waals surface area contributed by atoms with Crippen LogP contribution in [0.25, 0.3) is 10.5 Å². The number of hydrogen-bond donors (Lipinski definition) is 0. The molecule has 0 spiro atoms. The van der Waals surface area contributed by atoms with Crippen LogP contribution in [0.1, 0.15) is 31.0 Å². The summed E-state index contributed by atoms with van der Waals surface area (Å²) < 4.78 is 1.80. The van der Waals surface area contributed by atoms with Gasteiger partial charge in [0.25, 0.3) is 0 Å². The predicted octanol–water partition coefficient (Wildman–Crippen LogP) is 4.51. The van der Waals surface area contributed by atoms with Crippen LogP contribution < -0.4 is 0 Å². The molecule has 1 heterocycles. The lowest BCUT2D eigenvalue weighted by Crippen LogP contribution is -2.03. The van der Waals surface area contributed by atoms with Gasteiger partial charge in [-0.25, -0.2) is 9.53 Å². The summed E-state index contributed by atoms with van der Waals surface area (Å²) >= 11 is 6.13. The largest absolute Gasteiger partial charge is 0.249 e. The molecule has 0 saturated heterocycles. The standard InChI is InChI=1S/C14H14ClN3/c1-9(2)14-13(16-4)8-17-18(14)11-6-5-10(3)12(15)7-11/h5-9H,1-3H3. The fraction of sp³-hybridized carbons (Fsp3) is 0.286. The van der Waals surface area contributed by atoms with Crippen LogP contribution in [0.2, 0.25) is 5.02 Å². The maximum absolute atomic E-state index is 7.18. The molecule has 0 aliphatic carbocycles. The van der Waals surface area contributed by atoms with Gasteiger partial charge in [-0.15, -0.1) is 0 Å². The monoisotopic (exact) mass is 259 g/mol. The Morgan fingerprint density at radius 2 is 2.11 bits per heavy atom. The molecule has 0 bridgehead atoms. The first-order chi connectivity index (χ1) is 8.54. The van der Waals surface area contributed by atoms with Gasteiger partial charge in [0.05, 0.1) is 24.2 Å². The van der Waals surface area contributed by atoms with Gasteiger partial charge in [0, 0.05) is 5.02 Å². The van der Waals surface area contributed by atoms with Gasteiger partial charge in [0.15, 0.2) is 0 Å². The van der Waals surface area contributed by atoms with Crippen molar-refractivity contribution in [2.75, 3.05) is 0 Å². The van der Waals surface area contributed by atoms with Gasteiger partial charge in [-0.1, -0.05) is 31.5 Å². The van der Waals surface area contributed by atoms with E-state index >= 15 is 0 Å². The van der Waals surface area contributed by atoms with Crippen molar-refractivity contribution >= 4 is 17.3 Å². The molecule has 1 aromatic heterocycles. The molecular weight excluding hydrogens is 246 g/mol. The van der Waals surface area contributed by atoms with E-state index in [0.717, 1.165) is 16.9 Å². The van der Waals surface area contributed by atoms with Crippen LogP contribution in [0.5, 0.6) is 0 Å². The normalized spacial score (nSPS) is 10.7. The first-order valence-electron chi connectivity index (χ1n) is 5.76. The van der Waals surface area contributed by atoms with E-state index in [1.54, 1.807) is 10.9 Å². The highest BCUT2D eigenvalue weighted by molar-refractivity contribution is 6.31. The first-order valence-corrected chi connectivity index (χ1v) is 6.14. The molecule has 0 aliphatic heterocycles. The second kappa shape index (κ2) is 4.83. The number of nitrogens with zero attached hydrogens (tertiary/aromatic N) is 3. The second-order valence-corrected chi connectivity index (χ2v) is 4.93. The summed E-state index contributed by atoms with van der Waals surface area (Å²) in [6.45, 7) is 13.2. The first kappa shape index (κ1) is 12.7. The summed E-state index contributed by atoms with van der Waals surface area (Å²) in [6.07, 6.45) is 1.61. The van der Waals surface area contributed by atoms with Gasteiger partial charge in [-0.05, 0) is 30.5 Å². The number of halogens is 1. The van der Waals surface area contributed by atoms with Crippen molar-refractivity contribution in [3.05, 3.63) is 52.1 Å². The van der Waals surface area contributed by atoms with E-state index in [1.807, 2.05) is 25.1 Å². The van der Waals surface area contributed by atoms with E-state index in [9.17, 15) is 0 Å². The summed E-state index contributed by atoms with van der Waals surface area (Å²) in [7, 11) is 0. The third kappa shape index (κ3) is 2.12. The molecule has 18 heavy (non-hydrogen) atoms. The van der Waals surface area contributed by atoms with E-state index in [4.69, 9.17) is 18.2 Å². The Balaban J connectivity index is 2.61. The van der Waals surface area contributed by atoms with Gasteiger partial charge in [0.1, 0.15) is 0 Å². The topological polar surface area (TPSA) is 22.2 Å². The molecule has 0 aliphatic rings. The zero-order valence-corrected chi connectivity index (χ0v) is 11.4. The average Bonchev–Trinajstić information content (AvgIpc) is 2.76. The minimum absolute atomic E-state index is 0.233. The highest BCUT2D eigenvalue weighted by Gasteiger charge is 2.15. The fourth-order valence-corrected chi connectivity index (χ4v) is 2.07. The van der Waals surface area contributed by atoms with Crippen molar-refractivity contribution in [1.82, 2.24) is 9.78 Å². The fourth-order valence-electron chi connectivity index (χ4n) is 1.90. The van der Waals surface area contributed by atoms with Crippen LogP contribution >= 0.6 is 11.6 Å². The maximum atomic E-state index is 7.18. The molecule has 3 nitrogen and oxygen atoms in total. The van der Waals surface area contributed by atoms with E-state index < -0.39 is 0 Å². The quantitative estimate of drug-likeness (QED) is 0.728. The molecule has 0 amide bonds. The smallest absolute Gasteiger partial charge is 0.228 e. The highest BCUT2D eigenvalue weighted by atomic mass is 35.5. The SMILES string of the molecule is [C-]#[N+]c1cnn(-c2ccc(C)c(Cl)c2)c1C(C)C. The Bertz CT molecular complexity index is 620. The van der Waals surface area contributed by atoms with Crippen molar-refractivity contribution in [2.45, 2.75) is 26.7 Å². The van der Waals surface area contributed by atoms with E-state index in [0.29, 0.717) is 10.7 Å². The lowest BCUT2D eigenvalue weighted by Gasteiger charge is -2.12. The molecular formula is C14H14ClN3. The van der Waals surface area contributed by atoms with Crippen LogP contribution in [0, 0.1) is 13.5 Å². The Morgan fingerprint density at radius 1 is 1.39 bits per heavy atom. The molecule has 1 aromatic carbocycles. The zero-order chi connectivity index (χ0) is 13.3. The summed E-state index contributed by atoms with van der Waals surface area (Å²) in [5.41, 5.74) is 3.44. The van der Waals surface area contributed by atoms with Gasteiger partial charge >= 0.3 is 0 Å². The van der Waals surface area contributed by atoms with Crippen molar-refractivity contribution in [1.29, 1.82) is 0 Å². The van der Waals surface area contributed by atoms with Crippen molar-refractivity contribution in [3.8, 4) is 5.69 Å². The number of benzene rings is 1. The molecule has 0 atom stereocenters.